The van der Waals surface area contributed by atoms with E-state index in [1.807, 2.05) is 47.3 Å². The molecule has 0 aliphatic carbocycles. The lowest BCUT2D eigenvalue weighted by Crippen LogP contribution is -1.99. The molecule has 0 atom stereocenters. The molecule has 0 aliphatic rings. The summed E-state index contributed by atoms with van der Waals surface area (Å²) in [6, 6.07) is 18.1. The molecule has 0 amide bonds. The fraction of sp³-hybridized carbons (Fsp3) is 0.118. The first kappa shape index (κ1) is 14.1. The van der Waals surface area contributed by atoms with Crippen LogP contribution < -0.4 is 4.74 Å². The number of nitrogens with zero attached hydrogens (tertiary/aromatic N) is 2. The Bertz CT molecular complexity index is 710. The van der Waals surface area contributed by atoms with Gasteiger partial charge in [-0.05, 0) is 29.8 Å². The molecule has 0 saturated heterocycles. The molecule has 3 nitrogen and oxygen atoms in total. The van der Waals surface area contributed by atoms with Crippen molar-refractivity contribution >= 4 is 22.6 Å². The van der Waals surface area contributed by atoms with E-state index in [4.69, 9.17) is 4.74 Å². The van der Waals surface area contributed by atoms with Crippen molar-refractivity contribution in [2.45, 2.75) is 11.0 Å². The Labute approximate surface area is 137 Å². The molecular weight excluding hydrogens is 375 g/mol. The zero-order valence-electron chi connectivity index (χ0n) is 11.4. The van der Waals surface area contributed by atoms with Gasteiger partial charge in [-0.2, -0.15) is 5.10 Å². The minimum Gasteiger partial charge on any atom is -0.489 e. The van der Waals surface area contributed by atoms with Crippen LogP contribution in [0.5, 0.6) is 5.75 Å². The van der Waals surface area contributed by atoms with Crippen LogP contribution in [0.3, 0.4) is 0 Å². The molecule has 0 aliphatic heterocycles. The van der Waals surface area contributed by atoms with Gasteiger partial charge in [-0.3, -0.25) is 0 Å². The molecule has 4 heteroatoms. The smallest absolute Gasteiger partial charge is 0.119 e. The molecule has 106 valence electrons. The van der Waals surface area contributed by atoms with E-state index in [0.717, 1.165) is 21.4 Å². The first-order valence-corrected chi connectivity index (χ1v) is 8.24. The molecule has 0 N–H and O–H groups in total. The average molecular weight is 390 g/mol. The van der Waals surface area contributed by atoms with Crippen LogP contribution in [0.2, 0.25) is 0 Å². The molecule has 0 unspecified atom stereocenters. The summed E-state index contributed by atoms with van der Waals surface area (Å²) in [4.78, 5) is 0. The van der Waals surface area contributed by atoms with Gasteiger partial charge in [0, 0.05) is 16.2 Å². The van der Waals surface area contributed by atoms with Crippen LogP contribution in [-0.4, -0.2) is 9.78 Å². The van der Waals surface area contributed by atoms with Crippen LogP contribution in [0.1, 0.15) is 11.1 Å². The zero-order chi connectivity index (χ0) is 14.5. The lowest BCUT2D eigenvalue weighted by Gasteiger charge is -2.08. The highest BCUT2D eigenvalue weighted by Gasteiger charge is 2.02. The van der Waals surface area contributed by atoms with Crippen molar-refractivity contribution in [2.24, 2.45) is 0 Å². The largest absolute Gasteiger partial charge is 0.489 e. The van der Waals surface area contributed by atoms with E-state index in [9.17, 15) is 0 Å². The molecule has 2 aromatic carbocycles. The Kier molecular flexibility index (Phi) is 4.55. The number of ether oxygens (including phenoxy) is 1. The van der Waals surface area contributed by atoms with Crippen LogP contribution in [0.4, 0.5) is 0 Å². The number of alkyl halides is 1. The molecule has 3 rings (SSSR count). The molecule has 21 heavy (non-hydrogen) atoms. The highest BCUT2D eigenvalue weighted by molar-refractivity contribution is 14.1. The molecular formula is C17H15IN2O. The second-order valence-electron chi connectivity index (χ2n) is 4.70. The first-order chi connectivity index (χ1) is 10.3. The second kappa shape index (κ2) is 6.76. The predicted molar refractivity (Wildman–Crippen MR) is 92.1 cm³/mol. The monoisotopic (exact) mass is 390 g/mol. The van der Waals surface area contributed by atoms with Crippen LogP contribution in [0.25, 0.3) is 5.69 Å². The maximum atomic E-state index is 5.78. The van der Waals surface area contributed by atoms with Gasteiger partial charge in [0.15, 0.2) is 0 Å². The predicted octanol–water partition coefficient (Wildman–Crippen LogP) is 4.39. The van der Waals surface area contributed by atoms with Crippen molar-refractivity contribution in [3.8, 4) is 11.4 Å². The minimum absolute atomic E-state index is 0.554. The van der Waals surface area contributed by atoms with Gasteiger partial charge in [0.05, 0.1) is 11.9 Å². The molecule has 0 radical (unpaired) electrons. The van der Waals surface area contributed by atoms with Gasteiger partial charge >= 0.3 is 0 Å². The summed E-state index contributed by atoms with van der Waals surface area (Å²) >= 11 is 2.34. The lowest BCUT2D eigenvalue weighted by molar-refractivity contribution is 0.306. The third-order valence-corrected chi connectivity index (χ3v) is 3.99. The zero-order valence-corrected chi connectivity index (χ0v) is 13.6. The SMILES string of the molecule is ICc1cnn(-c2cccc(COc3ccccc3)c2)c1. The van der Waals surface area contributed by atoms with Gasteiger partial charge in [0.1, 0.15) is 12.4 Å². The number of para-hydroxylation sites is 1. The molecule has 0 spiro atoms. The van der Waals surface area contributed by atoms with Crippen LogP contribution in [-0.2, 0) is 11.0 Å². The summed E-state index contributed by atoms with van der Waals surface area (Å²) < 4.78 is 8.65. The third-order valence-electron chi connectivity index (χ3n) is 3.11. The van der Waals surface area contributed by atoms with Gasteiger partial charge in [-0.1, -0.05) is 52.9 Å². The summed E-state index contributed by atoms with van der Waals surface area (Å²) in [7, 11) is 0. The van der Waals surface area contributed by atoms with Crippen LogP contribution in [0, 0.1) is 0 Å². The van der Waals surface area contributed by atoms with E-state index in [1.165, 1.54) is 5.56 Å². The van der Waals surface area contributed by atoms with Gasteiger partial charge < -0.3 is 4.74 Å². The van der Waals surface area contributed by atoms with Gasteiger partial charge in [0.25, 0.3) is 0 Å². The molecule has 0 bridgehead atoms. The minimum atomic E-state index is 0.554. The maximum absolute atomic E-state index is 5.78. The highest BCUT2D eigenvalue weighted by Crippen LogP contribution is 2.15. The number of aromatic nitrogens is 2. The second-order valence-corrected chi connectivity index (χ2v) is 5.46. The quantitative estimate of drug-likeness (QED) is 0.478. The molecule has 1 aromatic heterocycles. The Hall–Kier alpha value is -1.82. The molecule has 0 fully saturated rings. The van der Waals surface area contributed by atoms with Crippen molar-refractivity contribution in [2.75, 3.05) is 0 Å². The third kappa shape index (κ3) is 3.64. The summed E-state index contributed by atoms with van der Waals surface area (Å²) in [5.74, 6) is 0.884. The fourth-order valence-corrected chi connectivity index (χ4v) is 2.44. The van der Waals surface area contributed by atoms with Crippen molar-refractivity contribution in [1.82, 2.24) is 9.78 Å². The summed E-state index contributed by atoms with van der Waals surface area (Å²) in [5, 5.41) is 4.39. The van der Waals surface area contributed by atoms with Gasteiger partial charge in [0.2, 0.25) is 0 Å². The van der Waals surface area contributed by atoms with Crippen LogP contribution >= 0.6 is 22.6 Å². The number of hydrogen-bond acceptors (Lipinski definition) is 2. The summed E-state index contributed by atoms with van der Waals surface area (Å²) in [6.07, 6.45) is 3.96. The number of rotatable bonds is 5. The van der Waals surface area contributed by atoms with E-state index in [-0.39, 0.29) is 0 Å². The maximum Gasteiger partial charge on any atom is 0.119 e. The topological polar surface area (TPSA) is 27.1 Å². The van der Waals surface area contributed by atoms with E-state index >= 15 is 0 Å². The Morgan fingerprint density at radius 3 is 2.62 bits per heavy atom. The average Bonchev–Trinajstić information content (AvgIpc) is 3.03. The Morgan fingerprint density at radius 1 is 1.00 bits per heavy atom. The Morgan fingerprint density at radius 2 is 1.86 bits per heavy atom. The highest BCUT2D eigenvalue weighted by atomic mass is 127. The summed E-state index contributed by atoms with van der Waals surface area (Å²) in [6.45, 7) is 0.554. The number of benzene rings is 2. The van der Waals surface area contributed by atoms with E-state index < -0.39 is 0 Å². The van der Waals surface area contributed by atoms with Gasteiger partial charge in [-0.25, -0.2) is 4.68 Å². The molecule has 0 saturated carbocycles. The molecule has 1 heterocycles. The van der Waals surface area contributed by atoms with Crippen molar-refractivity contribution < 1.29 is 4.74 Å². The van der Waals surface area contributed by atoms with Crippen molar-refractivity contribution in [3.05, 3.63) is 78.1 Å². The number of halogens is 1. The molecule has 3 aromatic rings. The standard InChI is InChI=1S/C17H15IN2O/c18-10-15-11-19-20(12-15)16-6-4-5-14(9-16)13-21-17-7-2-1-3-8-17/h1-9,11-12H,10,13H2. The van der Waals surface area contributed by atoms with Crippen LogP contribution in [0.15, 0.2) is 67.0 Å². The Balaban J connectivity index is 1.74. The van der Waals surface area contributed by atoms with Gasteiger partial charge in [-0.15, -0.1) is 0 Å². The van der Waals surface area contributed by atoms with E-state index in [1.54, 1.807) is 0 Å². The fourth-order valence-electron chi connectivity index (χ4n) is 2.04. The normalized spacial score (nSPS) is 10.5. The van der Waals surface area contributed by atoms with Crippen molar-refractivity contribution in [1.29, 1.82) is 0 Å². The van der Waals surface area contributed by atoms with Crippen molar-refractivity contribution in [3.63, 3.8) is 0 Å². The summed E-state index contributed by atoms with van der Waals surface area (Å²) in [5.41, 5.74) is 3.41. The van der Waals surface area contributed by atoms with E-state index in [2.05, 4.69) is 52.1 Å². The first-order valence-electron chi connectivity index (χ1n) is 6.72. The lowest BCUT2D eigenvalue weighted by atomic mass is 10.2. The number of hydrogen-bond donors (Lipinski definition) is 0. The van der Waals surface area contributed by atoms with E-state index in [0.29, 0.717) is 6.61 Å².